The zero-order chi connectivity index (χ0) is 21.6. The number of carbonyl (C=O) groups excluding carboxylic acids is 1. The summed E-state index contributed by atoms with van der Waals surface area (Å²) >= 11 is 0. The summed E-state index contributed by atoms with van der Waals surface area (Å²) in [7, 11) is 0. The van der Waals surface area contributed by atoms with Crippen LogP contribution in [0.25, 0.3) is 10.8 Å². The molecule has 0 spiro atoms. The predicted octanol–water partition coefficient (Wildman–Crippen LogP) is 3.37. The van der Waals surface area contributed by atoms with Gasteiger partial charge in [-0.25, -0.2) is 4.68 Å². The smallest absolute Gasteiger partial charge is 0.274 e. The highest BCUT2D eigenvalue weighted by Crippen LogP contribution is 2.14. The summed E-state index contributed by atoms with van der Waals surface area (Å²) < 4.78 is 3.27. The van der Waals surface area contributed by atoms with Gasteiger partial charge in [-0.2, -0.15) is 10.2 Å². The molecule has 31 heavy (non-hydrogen) atoms. The molecule has 2 heterocycles. The van der Waals surface area contributed by atoms with Crippen molar-refractivity contribution in [2.24, 2.45) is 0 Å². The first-order chi connectivity index (χ1) is 15.2. The van der Waals surface area contributed by atoms with Crippen molar-refractivity contribution in [1.29, 1.82) is 0 Å². The van der Waals surface area contributed by atoms with E-state index in [0.29, 0.717) is 30.4 Å². The van der Waals surface area contributed by atoms with Crippen LogP contribution in [0.5, 0.6) is 0 Å². The number of nitrogens with one attached hydrogen (secondary N) is 1. The van der Waals surface area contributed by atoms with E-state index in [9.17, 15) is 9.59 Å². The van der Waals surface area contributed by atoms with Crippen molar-refractivity contribution in [2.75, 3.05) is 0 Å². The van der Waals surface area contributed by atoms with Crippen LogP contribution in [-0.2, 0) is 19.6 Å². The molecule has 0 bridgehead atoms. The summed E-state index contributed by atoms with van der Waals surface area (Å²) in [5.41, 5.74) is 2.24. The maximum absolute atomic E-state index is 12.9. The van der Waals surface area contributed by atoms with Gasteiger partial charge in [-0.3, -0.25) is 14.3 Å². The van der Waals surface area contributed by atoms with Crippen LogP contribution in [0.4, 0.5) is 0 Å². The van der Waals surface area contributed by atoms with Crippen LogP contribution in [0.15, 0.2) is 71.8 Å². The molecule has 0 aliphatic rings. The van der Waals surface area contributed by atoms with E-state index < -0.39 is 0 Å². The van der Waals surface area contributed by atoms with Gasteiger partial charge in [-0.1, -0.05) is 55.8 Å². The number of unbranched alkanes of at least 4 members (excludes halogenated alkanes) is 1. The van der Waals surface area contributed by atoms with Gasteiger partial charge >= 0.3 is 0 Å². The fourth-order valence-electron chi connectivity index (χ4n) is 3.47. The molecule has 0 aliphatic carbocycles. The van der Waals surface area contributed by atoms with Gasteiger partial charge in [0.05, 0.1) is 11.9 Å². The minimum absolute atomic E-state index is 0.159. The molecular formula is C24H25N5O2. The van der Waals surface area contributed by atoms with Crippen molar-refractivity contribution in [3.05, 3.63) is 94.2 Å². The van der Waals surface area contributed by atoms with Crippen molar-refractivity contribution < 1.29 is 4.79 Å². The van der Waals surface area contributed by atoms with Crippen LogP contribution in [0, 0.1) is 0 Å². The summed E-state index contributed by atoms with van der Waals surface area (Å²) in [5.74, 6) is -0.290. The molecule has 2 aromatic carbocycles. The number of rotatable bonds is 8. The lowest BCUT2D eigenvalue weighted by Crippen LogP contribution is -2.30. The van der Waals surface area contributed by atoms with E-state index >= 15 is 0 Å². The summed E-state index contributed by atoms with van der Waals surface area (Å²) in [6.45, 7) is 3.64. The Morgan fingerprint density at radius 2 is 1.74 bits per heavy atom. The first kappa shape index (κ1) is 20.5. The molecule has 1 amide bonds. The topological polar surface area (TPSA) is 81.8 Å². The molecule has 0 atom stereocenters. The molecule has 0 aliphatic heterocycles. The number of hydrogen-bond acceptors (Lipinski definition) is 4. The van der Waals surface area contributed by atoms with Gasteiger partial charge < -0.3 is 5.32 Å². The van der Waals surface area contributed by atoms with E-state index in [2.05, 4.69) is 22.4 Å². The van der Waals surface area contributed by atoms with E-state index in [-0.39, 0.29) is 17.2 Å². The maximum Gasteiger partial charge on any atom is 0.274 e. The van der Waals surface area contributed by atoms with Crippen LogP contribution >= 0.6 is 0 Å². The average Bonchev–Trinajstić information content (AvgIpc) is 3.31. The van der Waals surface area contributed by atoms with Crippen LogP contribution < -0.4 is 10.9 Å². The lowest BCUT2D eigenvalue weighted by Gasteiger charge is -2.11. The highest BCUT2D eigenvalue weighted by atomic mass is 16.2. The summed E-state index contributed by atoms with van der Waals surface area (Å²) in [5, 5.41) is 12.6. The van der Waals surface area contributed by atoms with E-state index in [0.717, 1.165) is 24.0 Å². The van der Waals surface area contributed by atoms with Gasteiger partial charge in [-0.05, 0) is 29.7 Å². The minimum Gasteiger partial charge on any atom is -0.347 e. The van der Waals surface area contributed by atoms with Crippen molar-refractivity contribution in [1.82, 2.24) is 24.9 Å². The van der Waals surface area contributed by atoms with Crippen molar-refractivity contribution in [3.63, 3.8) is 0 Å². The second-order valence-corrected chi connectivity index (χ2v) is 7.48. The van der Waals surface area contributed by atoms with Crippen LogP contribution in [-0.4, -0.2) is 25.5 Å². The fourth-order valence-corrected chi connectivity index (χ4v) is 3.47. The molecule has 7 nitrogen and oxygen atoms in total. The van der Waals surface area contributed by atoms with E-state index in [1.807, 2.05) is 47.3 Å². The predicted molar refractivity (Wildman–Crippen MR) is 120 cm³/mol. The Bertz CT molecular complexity index is 1230. The summed E-state index contributed by atoms with van der Waals surface area (Å²) in [4.78, 5) is 25.6. The third-order valence-electron chi connectivity index (χ3n) is 5.19. The fraction of sp³-hybridized carbons (Fsp3) is 0.250. The van der Waals surface area contributed by atoms with Gasteiger partial charge in [0.2, 0.25) is 0 Å². The Morgan fingerprint density at radius 1 is 1.00 bits per heavy atom. The molecule has 0 saturated heterocycles. The minimum atomic E-state index is -0.290. The second-order valence-electron chi connectivity index (χ2n) is 7.48. The summed E-state index contributed by atoms with van der Waals surface area (Å²) in [6.07, 6.45) is 5.45. The van der Waals surface area contributed by atoms with Crippen LogP contribution in [0.1, 0.15) is 41.4 Å². The summed E-state index contributed by atoms with van der Waals surface area (Å²) in [6, 6.07) is 17.1. The first-order valence-corrected chi connectivity index (χ1v) is 10.5. The molecule has 7 heteroatoms. The molecule has 4 rings (SSSR count). The number of aromatic nitrogens is 4. The van der Waals surface area contributed by atoms with Gasteiger partial charge in [-0.15, -0.1) is 0 Å². The van der Waals surface area contributed by atoms with Gasteiger partial charge in [0.15, 0.2) is 5.69 Å². The number of benzene rings is 2. The maximum atomic E-state index is 12.9. The van der Waals surface area contributed by atoms with Crippen molar-refractivity contribution in [2.45, 2.75) is 39.4 Å². The Kier molecular flexibility index (Phi) is 6.21. The van der Waals surface area contributed by atoms with Crippen LogP contribution in [0.3, 0.4) is 0 Å². The normalized spacial score (nSPS) is 11.0. The third kappa shape index (κ3) is 4.71. The van der Waals surface area contributed by atoms with Gasteiger partial charge in [0.1, 0.15) is 0 Å². The Balaban J connectivity index is 1.50. The molecule has 0 fully saturated rings. The number of carbonyl (C=O) groups is 1. The lowest BCUT2D eigenvalue weighted by atomic mass is 10.1. The van der Waals surface area contributed by atoms with E-state index in [1.165, 1.54) is 4.68 Å². The molecule has 0 radical (unpaired) electrons. The molecule has 0 saturated carbocycles. The number of nitrogens with zero attached hydrogens (tertiary/aromatic N) is 4. The number of hydrogen-bond donors (Lipinski definition) is 1. The zero-order valence-corrected chi connectivity index (χ0v) is 17.5. The second kappa shape index (κ2) is 9.38. The molecule has 4 aromatic rings. The lowest BCUT2D eigenvalue weighted by molar-refractivity contribution is 0.0945. The molecule has 2 aromatic heterocycles. The van der Waals surface area contributed by atoms with Gasteiger partial charge in [0, 0.05) is 30.9 Å². The Hall–Kier alpha value is -3.74. The van der Waals surface area contributed by atoms with Crippen molar-refractivity contribution in [3.8, 4) is 0 Å². The largest absolute Gasteiger partial charge is 0.347 e. The highest BCUT2D eigenvalue weighted by Gasteiger charge is 2.16. The highest BCUT2D eigenvalue weighted by molar-refractivity contribution is 6.04. The Morgan fingerprint density at radius 3 is 2.45 bits per heavy atom. The zero-order valence-electron chi connectivity index (χ0n) is 17.5. The van der Waals surface area contributed by atoms with E-state index in [1.54, 1.807) is 24.4 Å². The number of amides is 1. The van der Waals surface area contributed by atoms with E-state index in [4.69, 9.17) is 0 Å². The number of fused-ring (bicyclic) bond motifs is 1. The quantitative estimate of drug-likeness (QED) is 0.478. The van der Waals surface area contributed by atoms with Gasteiger partial charge in [0.25, 0.3) is 11.5 Å². The Labute approximate surface area is 180 Å². The molecule has 1 N–H and O–H groups in total. The molecular weight excluding hydrogens is 390 g/mol. The standard InChI is InChI=1S/C24H25N5O2/c1-2-3-15-29-24(31)21-8-5-4-7-20(21)22(27-29)23(30)25-16-18-9-11-19(12-10-18)17-28-14-6-13-26-28/h4-14H,2-3,15-17H2,1H3,(H,25,30). The monoisotopic (exact) mass is 415 g/mol. The average molecular weight is 415 g/mol. The first-order valence-electron chi connectivity index (χ1n) is 10.5. The van der Waals surface area contributed by atoms with Crippen LogP contribution in [0.2, 0.25) is 0 Å². The molecule has 0 unspecified atom stereocenters. The van der Waals surface area contributed by atoms with Crippen molar-refractivity contribution >= 4 is 16.7 Å². The number of aryl methyl sites for hydroxylation is 1. The third-order valence-corrected chi connectivity index (χ3v) is 5.19. The SMILES string of the molecule is CCCCn1nc(C(=O)NCc2ccc(Cn3cccn3)cc2)c2ccccc2c1=O. The molecule has 158 valence electrons.